The standard InChI is InChI=1S/C12H12FN3O2/c1-3-18-12(17)11-10(14-16-15-11)8-6-4-5-7(2)9(8)13/h4-6H,3H2,1-2H3,(H,14,15,16). The third-order valence-electron chi connectivity index (χ3n) is 2.46. The number of hydrogen-bond acceptors (Lipinski definition) is 4. The van der Waals surface area contributed by atoms with Crippen LogP contribution in [0.4, 0.5) is 4.39 Å². The van der Waals surface area contributed by atoms with E-state index in [0.717, 1.165) is 0 Å². The van der Waals surface area contributed by atoms with Crippen molar-refractivity contribution in [2.75, 3.05) is 6.61 Å². The summed E-state index contributed by atoms with van der Waals surface area (Å²) in [6.07, 6.45) is 0. The van der Waals surface area contributed by atoms with Gasteiger partial charge in [-0.2, -0.15) is 10.3 Å². The normalized spacial score (nSPS) is 10.4. The van der Waals surface area contributed by atoms with Gasteiger partial charge in [-0.05, 0) is 25.5 Å². The molecule has 1 heterocycles. The Hall–Kier alpha value is -2.24. The summed E-state index contributed by atoms with van der Waals surface area (Å²) < 4.78 is 18.8. The molecule has 2 rings (SSSR count). The van der Waals surface area contributed by atoms with Crippen LogP contribution in [0.3, 0.4) is 0 Å². The SMILES string of the molecule is CCOC(=O)c1n[nH]nc1-c1cccc(C)c1F. The van der Waals surface area contributed by atoms with Crippen LogP contribution in [0.2, 0.25) is 0 Å². The van der Waals surface area contributed by atoms with E-state index < -0.39 is 11.8 Å². The first-order valence-corrected chi connectivity index (χ1v) is 5.48. The number of aromatic amines is 1. The summed E-state index contributed by atoms with van der Waals surface area (Å²) in [6.45, 7) is 3.55. The van der Waals surface area contributed by atoms with Crippen molar-refractivity contribution in [1.82, 2.24) is 15.4 Å². The lowest BCUT2D eigenvalue weighted by atomic mass is 10.1. The largest absolute Gasteiger partial charge is 0.461 e. The fraction of sp³-hybridized carbons (Fsp3) is 0.250. The Morgan fingerprint density at radius 2 is 2.22 bits per heavy atom. The van der Waals surface area contributed by atoms with E-state index in [9.17, 15) is 9.18 Å². The molecule has 0 aliphatic heterocycles. The third-order valence-corrected chi connectivity index (χ3v) is 2.46. The van der Waals surface area contributed by atoms with E-state index in [-0.39, 0.29) is 23.6 Å². The second-order valence-corrected chi connectivity index (χ2v) is 3.68. The number of rotatable bonds is 3. The number of carbonyl (C=O) groups is 1. The van der Waals surface area contributed by atoms with Crippen LogP contribution in [0.15, 0.2) is 18.2 Å². The van der Waals surface area contributed by atoms with Gasteiger partial charge < -0.3 is 4.74 Å². The molecule has 0 atom stereocenters. The predicted molar refractivity (Wildman–Crippen MR) is 62.5 cm³/mol. The number of aromatic nitrogens is 3. The average Bonchev–Trinajstić information content (AvgIpc) is 2.82. The van der Waals surface area contributed by atoms with Gasteiger partial charge in [0.2, 0.25) is 0 Å². The summed E-state index contributed by atoms with van der Waals surface area (Å²) in [4.78, 5) is 11.6. The minimum atomic E-state index is -0.623. The highest BCUT2D eigenvalue weighted by molar-refractivity contribution is 5.94. The molecule has 1 aromatic heterocycles. The van der Waals surface area contributed by atoms with Crippen LogP contribution in [0.25, 0.3) is 11.3 Å². The lowest BCUT2D eigenvalue weighted by Gasteiger charge is -2.04. The molecule has 0 amide bonds. The van der Waals surface area contributed by atoms with Crippen molar-refractivity contribution < 1.29 is 13.9 Å². The molecule has 6 heteroatoms. The van der Waals surface area contributed by atoms with E-state index in [1.807, 2.05) is 0 Å². The van der Waals surface area contributed by atoms with Gasteiger partial charge in [-0.15, -0.1) is 5.10 Å². The van der Waals surface area contributed by atoms with E-state index in [2.05, 4.69) is 15.4 Å². The van der Waals surface area contributed by atoms with Gasteiger partial charge in [0.05, 0.1) is 6.61 Å². The number of carbonyl (C=O) groups excluding carboxylic acids is 1. The summed E-state index contributed by atoms with van der Waals surface area (Å²) in [5.41, 5.74) is 0.855. The van der Waals surface area contributed by atoms with Crippen LogP contribution in [-0.4, -0.2) is 28.0 Å². The Kier molecular flexibility index (Phi) is 3.36. The molecule has 0 bridgehead atoms. The maximum Gasteiger partial charge on any atom is 0.361 e. The minimum absolute atomic E-state index is 0.0126. The van der Waals surface area contributed by atoms with Crippen molar-refractivity contribution in [2.24, 2.45) is 0 Å². The molecule has 94 valence electrons. The highest BCUT2D eigenvalue weighted by Crippen LogP contribution is 2.25. The first kappa shape index (κ1) is 12.2. The Morgan fingerprint density at radius 1 is 1.44 bits per heavy atom. The Labute approximate surface area is 103 Å². The fourth-order valence-corrected chi connectivity index (χ4v) is 1.59. The van der Waals surface area contributed by atoms with Gasteiger partial charge in [-0.1, -0.05) is 12.1 Å². The topological polar surface area (TPSA) is 67.9 Å². The zero-order valence-corrected chi connectivity index (χ0v) is 10.0. The molecule has 1 N–H and O–H groups in total. The van der Waals surface area contributed by atoms with Crippen molar-refractivity contribution in [3.8, 4) is 11.3 Å². The summed E-state index contributed by atoms with van der Waals surface area (Å²) in [5.74, 6) is -1.04. The minimum Gasteiger partial charge on any atom is -0.461 e. The number of H-pyrrole nitrogens is 1. The molecule has 0 aliphatic rings. The maximum absolute atomic E-state index is 14.0. The van der Waals surface area contributed by atoms with E-state index in [4.69, 9.17) is 4.74 Å². The highest BCUT2D eigenvalue weighted by atomic mass is 19.1. The average molecular weight is 249 g/mol. The molecule has 0 spiro atoms. The van der Waals surface area contributed by atoms with Crippen molar-refractivity contribution >= 4 is 5.97 Å². The van der Waals surface area contributed by atoms with Crippen molar-refractivity contribution in [2.45, 2.75) is 13.8 Å². The quantitative estimate of drug-likeness (QED) is 0.846. The van der Waals surface area contributed by atoms with Crippen molar-refractivity contribution in [3.05, 3.63) is 35.3 Å². The van der Waals surface area contributed by atoms with Gasteiger partial charge in [0.25, 0.3) is 0 Å². The summed E-state index contributed by atoms with van der Waals surface area (Å²) in [6, 6.07) is 4.88. The summed E-state index contributed by atoms with van der Waals surface area (Å²) in [5, 5.41) is 9.83. The van der Waals surface area contributed by atoms with Crippen LogP contribution in [0.5, 0.6) is 0 Å². The number of hydrogen-bond donors (Lipinski definition) is 1. The number of benzene rings is 1. The third kappa shape index (κ3) is 2.09. The zero-order chi connectivity index (χ0) is 13.1. The number of halogens is 1. The zero-order valence-electron chi connectivity index (χ0n) is 10.0. The van der Waals surface area contributed by atoms with Gasteiger partial charge >= 0.3 is 5.97 Å². The molecule has 0 saturated heterocycles. The van der Waals surface area contributed by atoms with Crippen LogP contribution >= 0.6 is 0 Å². The van der Waals surface area contributed by atoms with E-state index in [0.29, 0.717) is 5.56 Å². The molecule has 0 fully saturated rings. The summed E-state index contributed by atoms with van der Waals surface area (Å²) in [7, 11) is 0. The number of nitrogens with one attached hydrogen (secondary N) is 1. The van der Waals surface area contributed by atoms with Gasteiger partial charge in [0.15, 0.2) is 5.69 Å². The monoisotopic (exact) mass is 249 g/mol. The first-order valence-electron chi connectivity index (χ1n) is 5.48. The van der Waals surface area contributed by atoms with Crippen LogP contribution in [0.1, 0.15) is 23.0 Å². The van der Waals surface area contributed by atoms with E-state index >= 15 is 0 Å². The molecule has 18 heavy (non-hydrogen) atoms. The number of esters is 1. The van der Waals surface area contributed by atoms with Crippen LogP contribution < -0.4 is 0 Å². The van der Waals surface area contributed by atoms with Gasteiger partial charge in [0.1, 0.15) is 11.5 Å². The molecule has 0 radical (unpaired) electrons. The molecule has 0 aliphatic carbocycles. The predicted octanol–water partition coefficient (Wildman–Crippen LogP) is 2.10. The lowest BCUT2D eigenvalue weighted by Crippen LogP contribution is -2.07. The van der Waals surface area contributed by atoms with Crippen LogP contribution in [0, 0.1) is 12.7 Å². The van der Waals surface area contributed by atoms with Gasteiger partial charge in [0, 0.05) is 5.56 Å². The van der Waals surface area contributed by atoms with Crippen molar-refractivity contribution in [3.63, 3.8) is 0 Å². The first-order chi connectivity index (χ1) is 8.65. The molecule has 2 aromatic rings. The number of ether oxygens (including phenoxy) is 1. The van der Waals surface area contributed by atoms with E-state index in [1.165, 1.54) is 0 Å². The Bertz CT molecular complexity index is 580. The Morgan fingerprint density at radius 3 is 2.94 bits per heavy atom. The summed E-state index contributed by atoms with van der Waals surface area (Å²) >= 11 is 0. The molecular formula is C12H12FN3O2. The molecule has 0 unspecified atom stereocenters. The molecule has 5 nitrogen and oxygen atoms in total. The van der Waals surface area contributed by atoms with E-state index in [1.54, 1.807) is 32.0 Å². The molecule has 1 aromatic carbocycles. The fourth-order valence-electron chi connectivity index (χ4n) is 1.59. The smallest absolute Gasteiger partial charge is 0.361 e. The molecule has 0 saturated carbocycles. The Balaban J connectivity index is 2.49. The molecular weight excluding hydrogens is 237 g/mol. The van der Waals surface area contributed by atoms with Gasteiger partial charge in [-0.3, -0.25) is 0 Å². The van der Waals surface area contributed by atoms with Crippen molar-refractivity contribution in [1.29, 1.82) is 0 Å². The number of aryl methyl sites for hydroxylation is 1. The second-order valence-electron chi connectivity index (χ2n) is 3.68. The van der Waals surface area contributed by atoms with Crippen LogP contribution in [-0.2, 0) is 4.74 Å². The number of nitrogens with zero attached hydrogens (tertiary/aromatic N) is 2. The highest BCUT2D eigenvalue weighted by Gasteiger charge is 2.21. The maximum atomic E-state index is 14.0. The van der Waals surface area contributed by atoms with Gasteiger partial charge in [-0.25, -0.2) is 9.18 Å². The second kappa shape index (κ2) is 4.95. The lowest BCUT2D eigenvalue weighted by molar-refractivity contribution is 0.0520.